The third-order valence-corrected chi connectivity index (χ3v) is 5.25. The molecule has 0 bridgehead atoms. The summed E-state index contributed by atoms with van der Waals surface area (Å²) in [4.78, 5) is 30.2. The second-order valence-electron chi connectivity index (χ2n) is 7.11. The minimum atomic E-state index is -0.176. The van der Waals surface area contributed by atoms with E-state index in [1.165, 1.54) is 10.1 Å². The number of nitrogens with one attached hydrogen (secondary N) is 2. The van der Waals surface area contributed by atoms with E-state index in [-0.39, 0.29) is 24.4 Å². The molecule has 3 aromatic rings. The van der Waals surface area contributed by atoms with Crippen LogP contribution in [-0.4, -0.2) is 34.0 Å². The molecule has 0 aliphatic carbocycles. The Morgan fingerprint density at radius 2 is 1.93 bits per heavy atom. The van der Waals surface area contributed by atoms with Crippen LogP contribution >= 0.6 is 12.2 Å². The van der Waals surface area contributed by atoms with Gasteiger partial charge in [-0.3, -0.25) is 14.2 Å². The average molecular weight is 411 g/mol. The number of carbonyl (C=O) groups excluding carboxylic acids is 1. The van der Waals surface area contributed by atoms with Crippen molar-refractivity contribution in [3.63, 3.8) is 0 Å². The van der Waals surface area contributed by atoms with Gasteiger partial charge in [-0.15, -0.1) is 0 Å². The Morgan fingerprint density at radius 3 is 2.72 bits per heavy atom. The third-order valence-electron chi connectivity index (χ3n) is 4.93. The minimum Gasteiger partial charge on any atom is -0.352 e. The molecule has 0 atom stereocenters. The molecule has 0 fully saturated rings. The molecule has 0 saturated heterocycles. The molecule has 1 amide bonds. The second kappa shape index (κ2) is 9.62. The Bertz CT molecular complexity index is 1120. The molecular weight excluding hydrogens is 384 g/mol. The Balaban J connectivity index is 1.60. The summed E-state index contributed by atoms with van der Waals surface area (Å²) in [7, 11) is 2.08. The van der Waals surface area contributed by atoms with Crippen molar-refractivity contribution in [1.29, 1.82) is 0 Å². The van der Waals surface area contributed by atoms with Gasteiger partial charge in [-0.05, 0) is 49.1 Å². The molecule has 0 aliphatic heterocycles. The first-order chi connectivity index (χ1) is 14.0. The zero-order chi connectivity index (χ0) is 20.8. The first-order valence-corrected chi connectivity index (χ1v) is 10.1. The van der Waals surface area contributed by atoms with Crippen molar-refractivity contribution in [3.8, 4) is 0 Å². The number of fused-ring (bicyclic) bond motifs is 1. The molecule has 1 aromatic heterocycles. The highest BCUT2D eigenvalue weighted by atomic mass is 32.1. The van der Waals surface area contributed by atoms with Gasteiger partial charge in [-0.1, -0.05) is 43.3 Å². The number of amides is 1. The van der Waals surface area contributed by atoms with Gasteiger partial charge in [-0.25, -0.2) is 0 Å². The number of hydrogen-bond acceptors (Lipinski definition) is 4. The molecule has 152 valence electrons. The van der Waals surface area contributed by atoms with Crippen LogP contribution in [-0.2, 0) is 24.4 Å². The van der Waals surface area contributed by atoms with E-state index in [1.807, 2.05) is 30.3 Å². The van der Waals surface area contributed by atoms with Gasteiger partial charge in [0.15, 0.2) is 4.77 Å². The van der Waals surface area contributed by atoms with Crippen LogP contribution in [0.1, 0.15) is 24.5 Å². The van der Waals surface area contributed by atoms with Gasteiger partial charge in [0.25, 0.3) is 5.56 Å². The molecule has 0 saturated carbocycles. The molecule has 2 N–H and O–H groups in total. The lowest BCUT2D eigenvalue weighted by Gasteiger charge is -2.14. The minimum absolute atomic E-state index is 0.115. The van der Waals surface area contributed by atoms with Crippen LogP contribution in [0.5, 0.6) is 0 Å². The number of aromatic nitrogens is 2. The fraction of sp³-hybridized carbons (Fsp3) is 0.318. The van der Waals surface area contributed by atoms with Crippen molar-refractivity contribution in [2.45, 2.75) is 33.0 Å². The van der Waals surface area contributed by atoms with E-state index in [2.05, 4.69) is 41.3 Å². The fourth-order valence-corrected chi connectivity index (χ4v) is 3.45. The lowest BCUT2D eigenvalue weighted by Crippen LogP contribution is -2.28. The van der Waals surface area contributed by atoms with Crippen molar-refractivity contribution < 1.29 is 4.79 Å². The highest BCUT2D eigenvalue weighted by Gasteiger charge is 2.08. The molecular formula is C22H26N4O2S. The van der Waals surface area contributed by atoms with Crippen molar-refractivity contribution in [3.05, 3.63) is 74.8 Å². The Labute approximate surface area is 175 Å². The maximum atomic E-state index is 12.6. The zero-order valence-electron chi connectivity index (χ0n) is 16.8. The van der Waals surface area contributed by atoms with Crippen molar-refractivity contribution in [1.82, 2.24) is 19.8 Å². The Morgan fingerprint density at radius 1 is 1.17 bits per heavy atom. The van der Waals surface area contributed by atoms with Gasteiger partial charge < -0.3 is 15.2 Å². The molecule has 0 radical (unpaired) electrons. The number of H-pyrrole nitrogens is 1. The molecule has 3 rings (SSSR count). The van der Waals surface area contributed by atoms with E-state index in [9.17, 15) is 9.59 Å². The lowest BCUT2D eigenvalue weighted by molar-refractivity contribution is -0.121. The number of carbonyl (C=O) groups is 1. The topological polar surface area (TPSA) is 70.1 Å². The average Bonchev–Trinajstić information content (AvgIpc) is 2.72. The zero-order valence-corrected chi connectivity index (χ0v) is 17.6. The largest absolute Gasteiger partial charge is 0.352 e. The molecule has 0 unspecified atom stereocenters. The maximum Gasteiger partial charge on any atom is 0.262 e. The van der Waals surface area contributed by atoms with Crippen LogP contribution < -0.4 is 10.9 Å². The molecule has 0 aliphatic rings. The summed E-state index contributed by atoms with van der Waals surface area (Å²) in [6, 6.07) is 15.4. The number of hydrogen-bond donors (Lipinski definition) is 2. The summed E-state index contributed by atoms with van der Waals surface area (Å²) < 4.78 is 1.77. The van der Waals surface area contributed by atoms with Crippen LogP contribution in [0.4, 0.5) is 0 Å². The Hall–Kier alpha value is -2.77. The second-order valence-corrected chi connectivity index (χ2v) is 7.50. The summed E-state index contributed by atoms with van der Waals surface area (Å²) in [5.41, 5.74) is 2.80. The number of para-hydroxylation sites is 1. The standard InChI is InChI=1S/C22H26N4O2S/c1-3-25(2)15-17-8-6-7-16(13-17)14-23-20(27)11-12-26-21(28)18-9-4-5-10-19(18)24-22(26)29/h4-10,13H,3,11-12,14-15H2,1-2H3,(H,23,27)(H,24,29). The summed E-state index contributed by atoms with van der Waals surface area (Å²) in [6.07, 6.45) is 0.188. The first-order valence-electron chi connectivity index (χ1n) is 9.73. The van der Waals surface area contributed by atoms with Crippen LogP contribution in [0.2, 0.25) is 0 Å². The van der Waals surface area contributed by atoms with Gasteiger partial charge in [-0.2, -0.15) is 0 Å². The predicted octanol–water partition coefficient (Wildman–Crippen LogP) is 3.22. The van der Waals surface area contributed by atoms with Gasteiger partial charge in [0.1, 0.15) is 0 Å². The van der Waals surface area contributed by atoms with Gasteiger partial charge in [0, 0.05) is 26.1 Å². The summed E-state index contributed by atoms with van der Waals surface area (Å²) in [5, 5.41) is 3.49. The van der Waals surface area contributed by atoms with Gasteiger partial charge in [0.2, 0.25) is 5.91 Å². The van der Waals surface area contributed by atoms with Crippen molar-refractivity contribution in [2.75, 3.05) is 13.6 Å². The fourth-order valence-electron chi connectivity index (χ4n) is 3.17. The quantitative estimate of drug-likeness (QED) is 0.560. The van der Waals surface area contributed by atoms with E-state index in [0.29, 0.717) is 22.2 Å². The monoisotopic (exact) mass is 410 g/mol. The van der Waals surface area contributed by atoms with Crippen LogP contribution in [0.25, 0.3) is 10.9 Å². The molecule has 1 heterocycles. The molecule has 7 heteroatoms. The molecule has 29 heavy (non-hydrogen) atoms. The van der Waals surface area contributed by atoms with E-state index in [1.54, 1.807) is 6.07 Å². The Kier molecular flexibility index (Phi) is 6.95. The SMILES string of the molecule is CCN(C)Cc1cccc(CNC(=O)CCn2c(=S)[nH]c3ccccc3c2=O)c1. The summed E-state index contributed by atoms with van der Waals surface area (Å²) in [5.74, 6) is -0.115. The molecule has 2 aromatic carbocycles. The highest BCUT2D eigenvalue weighted by Crippen LogP contribution is 2.08. The maximum absolute atomic E-state index is 12.6. The smallest absolute Gasteiger partial charge is 0.262 e. The number of rotatable bonds is 8. The lowest BCUT2D eigenvalue weighted by atomic mass is 10.1. The number of aromatic amines is 1. The number of nitrogens with zero attached hydrogens (tertiary/aromatic N) is 2. The molecule has 0 spiro atoms. The van der Waals surface area contributed by atoms with Crippen molar-refractivity contribution in [2.24, 2.45) is 0 Å². The van der Waals surface area contributed by atoms with E-state index in [4.69, 9.17) is 12.2 Å². The van der Waals surface area contributed by atoms with Gasteiger partial charge >= 0.3 is 0 Å². The van der Waals surface area contributed by atoms with E-state index in [0.717, 1.165) is 18.7 Å². The highest BCUT2D eigenvalue weighted by molar-refractivity contribution is 7.71. The van der Waals surface area contributed by atoms with E-state index >= 15 is 0 Å². The summed E-state index contributed by atoms with van der Waals surface area (Å²) >= 11 is 5.29. The van der Waals surface area contributed by atoms with Crippen LogP contribution in [0.3, 0.4) is 0 Å². The predicted molar refractivity (Wildman–Crippen MR) is 118 cm³/mol. The van der Waals surface area contributed by atoms with Crippen LogP contribution in [0, 0.1) is 4.77 Å². The van der Waals surface area contributed by atoms with E-state index < -0.39 is 0 Å². The first kappa shape index (κ1) is 21.0. The third kappa shape index (κ3) is 5.40. The van der Waals surface area contributed by atoms with Gasteiger partial charge in [0.05, 0.1) is 10.9 Å². The number of benzene rings is 2. The molecule has 6 nitrogen and oxygen atoms in total. The van der Waals surface area contributed by atoms with Crippen molar-refractivity contribution >= 4 is 29.0 Å². The normalized spacial score (nSPS) is 11.1. The van der Waals surface area contributed by atoms with Crippen LogP contribution in [0.15, 0.2) is 53.3 Å². The summed E-state index contributed by atoms with van der Waals surface area (Å²) in [6.45, 7) is 4.68.